The lowest BCUT2D eigenvalue weighted by atomic mass is 10.1. The van der Waals surface area contributed by atoms with Gasteiger partial charge in [0.2, 0.25) is 5.91 Å². The molecule has 0 bridgehead atoms. The van der Waals surface area contributed by atoms with Gasteiger partial charge >= 0.3 is 6.09 Å². The molecule has 1 aliphatic rings. The van der Waals surface area contributed by atoms with Crippen LogP contribution in [0.2, 0.25) is 0 Å². The second-order valence-electron chi connectivity index (χ2n) is 3.31. The van der Waals surface area contributed by atoms with Gasteiger partial charge in [0.1, 0.15) is 0 Å². The van der Waals surface area contributed by atoms with Crippen molar-refractivity contribution in [1.82, 2.24) is 10.6 Å². The van der Waals surface area contributed by atoms with Gasteiger partial charge in [-0.25, -0.2) is 4.79 Å². The Kier molecular flexibility index (Phi) is 5.49. The van der Waals surface area contributed by atoms with Crippen molar-refractivity contribution in [3.63, 3.8) is 0 Å². The van der Waals surface area contributed by atoms with Crippen molar-refractivity contribution in [2.75, 3.05) is 31.2 Å². The quantitative estimate of drug-likeness (QED) is 0.709. The van der Waals surface area contributed by atoms with Crippen molar-refractivity contribution in [1.29, 1.82) is 0 Å². The van der Waals surface area contributed by atoms with Gasteiger partial charge in [-0.2, -0.15) is 11.8 Å². The third-order valence-electron chi connectivity index (χ3n) is 1.97. The maximum absolute atomic E-state index is 11.2. The van der Waals surface area contributed by atoms with Gasteiger partial charge in [-0.05, 0) is 31.7 Å². The molecule has 5 nitrogen and oxygen atoms in total. The lowest BCUT2D eigenvalue weighted by Crippen LogP contribution is -2.43. The maximum atomic E-state index is 11.2. The standard InChI is InChI=1S/C9H16N2O3S/c1-2-14-9(13)11-8(12)6-15-5-7-3-10-4-7/h7,10H,2-6H2,1H3,(H,11,12,13). The maximum Gasteiger partial charge on any atom is 0.413 e. The number of alkyl carbamates (subject to hydrolysis) is 1. The van der Waals surface area contributed by atoms with E-state index in [0.717, 1.165) is 18.8 Å². The summed E-state index contributed by atoms with van der Waals surface area (Å²) in [5.41, 5.74) is 0. The molecule has 0 atom stereocenters. The molecule has 15 heavy (non-hydrogen) atoms. The van der Waals surface area contributed by atoms with Crippen molar-refractivity contribution in [3.8, 4) is 0 Å². The lowest BCUT2D eigenvalue weighted by Gasteiger charge is -2.26. The zero-order valence-electron chi connectivity index (χ0n) is 8.75. The van der Waals surface area contributed by atoms with Gasteiger partial charge in [0.15, 0.2) is 0 Å². The fraction of sp³-hybridized carbons (Fsp3) is 0.778. The SMILES string of the molecule is CCOC(=O)NC(=O)CSCC1CNC1. The van der Waals surface area contributed by atoms with E-state index in [1.807, 2.05) is 0 Å². The van der Waals surface area contributed by atoms with E-state index >= 15 is 0 Å². The van der Waals surface area contributed by atoms with Gasteiger partial charge in [-0.15, -0.1) is 0 Å². The molecule has 1 saturated heterocycles. The molecule has 0 radical (unpaired) electrons. The van der Waals surface area contributed by atoms with Crippen LogP contribution in [0.3, 0.4) is 0 Å². The largest absolute Gasteiger partial charge is 0.450 e. The second-order valence-corrected chi connectivity index (χ2v) is 4.34. The lowest BCUT2D eigenvalue weighted by molar-refractivity contribution is -0.117. The van der Waals surface area contributed by atoms with Gasteiger partial charge in [0, 0.05) is 0 Å². The smallest absolute Gasteiger partial charge is 0.413 e. The van der Waals surface area contributed by atoms with E-state index in [1.54, 1.807) is 18.7 Å². The first-order chi connectivity index (χ1) is 7.22. The Morgan fingerprint density at radius 2 is 2.27 bits per heavy atom. The summed E-state index contributed by atoms with van der Waals surface area (Å²) in [7, 11) is 0. The van der Waals surface area contributed by atoms with Crippen LogP contribution in [-0.2, 0) is 9.53 Å². The molecule has 0 aromatic rings. The molecule has 0 aliphatic carbocycles. The van der Waals surface area contributed by atoms with Crippen molar-refractivity contribution in [2.45, 2.75) is 6.92 Å². The first-order valence-electron chi connectivity index (χ1n) is 4.97. The Bertz CT molecular complexity index is 231. The number of ether oxygens (including phenoxy) is 1. The first kappa shape index (κ1) is 12.3. The molecule has 2 amide bonds. The highest BCUT2D eigenvalue weighted by atomic mass is 32.2. The van der Waals surface area contributed by atoms with E-state index in [0.29, 0.717) is 11.7 Å². The van der Waals surface area contributed by atoms with Crippen LogP contribution < -0.4 is 10.6 Å². The number of amides is 2. The molecule has 0 spiro atoms. The number of carbonyl (C=O) groups excluding carboxylic acids is 2. The van der Waals surface area contributed by atoms with Crippen LogP contribution in [0.5, 0.6) is 0 Å². The van der Waals surface area contributed by atoms with Crippen LogP contribution >= 0.6 is 11.8 Å². The molecule has 1 aliphatic heterocycles. The molecule has 1 fully saturated rings. The van der Waals surface area contributed by atoms with E-state index < -0.39 is 6.09 Å². The van der Waals surface area contributed by atoms with Crippen LogP contribution in [0.4, 0.5) is 4.79 Å². The average molecular weight is 232 g/mol. The molecular formula is C9H16N2O3S. The Morgan fingerprint density at radius 3 is 2.80 bits per heavy atom. The summed E-state index contributed by atoms with van der Waals surface area (Å²) in [6.45, 7) is 4.04. The monoisotopic (exact) mass is 232 g/mol. The highest BCUT2D eigenvalue weighted by molar-refractivity contribution is 7.99. The van der Waals surface area contributed by atoms with Gasteiger partial charge in [0.25, 0.3) is 0 Å². The molecule has 0 unspecified atom stereocenters. The van der Waals surface area contributed by atoms with E-state index in [4.69, 9.17) is 0 Å². The first-order valence-corrected chi connectivity index (χ1v) is 6.13. The van der Waals surface area contributed by atoms with Crippen LogP contribution in [0.15, 0.2) is 0 Å². The molecule has 0 saturated carbocycles. The Morgan fingerprint density at radius 1 is 1.53 bits per heavy atom. The molecular weight excluding hydrogens is 216 g/mol. The molecule has 0 aromatic carbocycles. The normalized spacial score (nSPS) is 15.5. The summed E-state index contributed by atoms with van der Waals surface area (Å²) < 4.78 is 4.58. The molecule has 1 rings (SSSR count). The van der Waals surface area contributed by atoms with Crippen molar-refractivity contribution in [3.05, 3.63) is 0 Å². The Labute approximate surface area is 93.3 Å². The van der Waals surface area contributed by atoms with Crippen LogP contribution in [-0.4, -0.2) is 43.2 Å². The van der Waals surface area contributed by atoms with Crippen molar-refractivity contribution < 1.29 is 14.3 Å². The van der Waals surface area contributed by atoms with Gasteiger partial charge in [0.05, 0.1) is 12.4 Å². The predicted octanol–water partition coefficient (Wildman–Crippen LogP) is 0.212. The topological polar surface area (TPSA) is 67.4 Å². The van der Waals surface area contributed by atoms with Gasteiger partial charge < -0.3 is 10.1 Å². The number of hydrogen-bond donors (Lipinski definition) is 2. The highest BCUT2D eigenvalue weighted by Gasteiger charge is 2.17. The number of rotatable bonds is 5. The predicted molar refractivity (Wildman–Crippen MR) is 58.8 cm³/mol. The third-order valence-corrected chi connectivity index (χ3v) is 3.14. The minimum Gasteiger partial charge on any atom is -0.450 e. The number of imide groups is 1. The summed E-state index contributed by atoms with van der Waals surface area (Å²) in [6.07, 6.45) is -0.659. The zero-order valence-corrected chi connectivity index (χ0v) is 9.56. The van der Waals surface area contributed by atoms with Crippen LogP contribution in [0.1, 0.15) is 6.92 Å². The van der Waals surface area contributed by atoms with Gasteiger partial charge in [-0.1, -0.05) is 0 Å². The average Bonchev–Trinajstić information content (AvgIpc) is 2.09. The summed E-state index contributed by atoms with van der Waals surface area (Å²) >= 11 is 1.55. The summed E-state index contributed by atoms with van der Waals surface area (Å²) in [5, 5.41) is 5.31. The Hall–Kier alpha value is -0.750. The summed E-state index contributed by atoms with van der Waals surface area (Å²) in [4.78, 5) is 22.0. The molecule has 1 heterocycles. The van der Waals surface area contributed by atoms with Crippen LogP contribution in [0.25, 0.3) is 0 Å². The third kappa shape index (κ3) is 5.03. The van der Waals surface area contributed by atoms with Crippen LogP contribution in [0, 0.1) is 5.92 Å². The van der Waals surface area contributed by atoms with Crippen molar-refractivity contribution >= 4 is 23.8 Å². The number of nitrogens with one attached hydrogen (secondary N) is 2. The molecule has 2 N–H and O–H groups in total. The number of hydrogen-bond acceptors (Lipinski definition) is 5. The second kappa shape index (κ2) is 6.68. The fourth-order valence-corrected chi connectivity index (χ4v) is 2.05. The minimum atomic E-state index is -0.659. The van der Waals surface area contributed by atoms with E-state index in [2.05, 4.69) is 15.4 Å². The zero-order chi connectivity index (χ0) is 11.1. The molecule has 6 heteroatoms. The van der Waals surface area contributed by atoms with Gasteiger partial charge in [-0.3, -0.25) is 10.1 Å². The van der Waals surface area contributed by atoms with Crippen molar-refractivity contribution in [2.24, 2.45) is 5.92 Å². The summed E-state index contributed by atoms with van der Waals surface area (Å²) in [5.74, 6) is 1.66. The minimum absolute atomic E-state index is 0.278. The summed E-state index contributed by atoms with van der Waals surface area (Å²) in [6, 6.07) is 0. The number of thioether (sulfide) groups is 1. The fourth-order valence-electron chi connectivity index (χ4n) is 1.10. The van der Waals surface area contributed by atoms with E-state index in [1.165, 1.54) is 0 Å². The molecule has 0 aromatic heterocycles. The van der Waals surface area contributed by atoms with E-state index in [9.17, 15) is 9.59 Å². The highest BCUT2D eigenvalue weighted by Crippen LogP contribution is 2.11. The Balaban J connectivity index is 1.99. The number of carbonyl (C=O) groups is 2. The van der Waals surface area contributed by atoms with E-state index in [-0.39, 0.29) is 12.5 Å². The molecule has 86 valence electrons.